The number of likely N-dealkylation sites (tertiary alicyclic amines) is 1. The van der Waals surface area contributed by atoms with Crippen LogP contribution in [0.2, 0.25) is 0 Å². The van der Waals surface area contributed by atoms with Gasteiger partial charge in [0.1, 0.15) is 0 Å². The Balaban J connectivity index is 1.77. The first-order valence-electron chi connectivity index (χ1n) is 7.56. The van der Waals surface area contributed by atoms with E-state index in [0.29, 0.717) is 5.54 Å². The Labute approximate surface area is 107 Å². The SMILES string of the molecule is CC(C)C1CCN(CC2(C)CCCCN2)CC1. The molecular weight excluding hydrogens is 208 g/mol. The van der Waals surface area contributed by atoms with Crippen LogP contribution in [0.1, 0.15) is 52.9 Å². The summed E-state index contributed by atoms with van der Waals surface area (Å²) in [7, 11) is 0. The molecule has 0 aromatic heterocycles. The lowest BCUT2D eigenvalue weighted by molar-refractivity contribution is 0.110. The Morgan fingerprint density at radius 2 is 1.94 bits per heavy atom. The molecule has 2 fully saturated rings. The van der Waals surface area contributed by atoms with Gasteiger partial charge in [-0.05, 0) is 64.1 Å². The van der Waals surface area contributed by atoms with Gasteiger partial charge < -0.3 is 10.2 Å². The van der Waals surface area contributed by atoms with Crippen LogP contribution in [0.3, 0.4) is 0 Å². The summed E-state index contributed by atoms with van der Waals surface area (Å²) in [6.45, 7) is 12.3. The number of piperidine rings is 2. The first kappa shape index (κ1) is 13.4. The lowest BCUT2D eigenvalue weighted by Gasteiger charge is -2.42. The first-order valence-corrected chi connectivity index (χ1v) is 7.56. The maximum Gasteiger partial charge on any atom is 0.0280 e. The third-order valence-electron chi connectivity index (χ3n) is 4.85. The van der Waals surface area contributed by atoms with Gasteiger partial charge in [-0.1, -0.05) is 20.3 Å². The Morgan fingerprint density at radius 3 is 2.47 bits per heavy atom. The van der Waals surface area contributed by atoms with Gasteiger partial charge in [0, 0.05) is 12.1 Å². The molecule has 17 heavy (non-hydrogen) atoms. The molecule has 0 aromatic carbocycles. The Bertz CT molecular complexity index is 223. The van der Waals surface area contributed by atoms with Gasteiger partial charge in [-0.2, -0.15) is 0 Å². The van der Waals surface area contributed by atoms with Crippen molar-refractivity contribution < 1.29 is 0 Å². The molecule has 2 nitrogen and oxygen atoms in total. The molecule has 0 aromatic rings. The average molecular weight is 238 g/mol. The van der Waals surface area contributed by atoms with Crippen LogP contribution in [0.5, 0.6) is 0 Å². The average Bonchev–Trinajstić information content (AvgIpc) is 2.30. The molecule has 0 spiro atoms. The highest BCUT2D eigenvalue weighted by molar-refractivity contribution is 4.90. The van der Waals surface area contributed by atoms with E-state index in [0.717, 1.165) is 11.8 Å². The van der Waals surface area contributed by atoms with E-state index in [-0.39, 0.29) is 0 Å². The fraction of sp³-hybridized carbons (Fsp3) is 1.00. The van der Waals surface area contributed by atoms with Crippen molar-refractivity contribution in [1.82, 2.24) is 10.2 Å². The highest BCUT2D eigenvalue weighted by Gasteiger charge is 2.30. The molecule has 0 aliphatic carbocycles. The van der Waals surface area contributed by atoms with Gasteiger partial charge in [0.15, 0.2) is 0 Å². The third-order valence-corrected chi connectivity index (χ3v) is 4.85. The molecule has 2 heteroatoms. The summed E-state index contributed by atoms with van der Waals surface area (Å²) in [6, 6.07) is 0. The van der Waals surface area contributed by atoms with Crippen LogP contribution in [0, 0.1) is 11.8 Å². The minimum atomic E-state index is 0.392. The van der Waals surface area contributed by atoms with Crippen molar-refractivity contribution in [3.63, 3.8) is 0 Å². The summed E-state index contributed by atoms with van der Waals surface area (Å²) in [6.07, 6.45) is 6.95. The van der Waals surface area contributed by atoms with Crippen LogP contribution >= 0.6 is 0 Å². The minimum Gasteiger partial charge on any atom is -0.310 e. The van der Waals surface area contributed by atoms with Crippen molar-refractivity contribution in [1.29, 1.82) is 0 Å². The zero-order chi connectivity index (χ0) is 12.3. The van der Waals surface area contributed by atoms with Gasteiger partial charge >= 0.3 is 0 Å². The van der Waals surface area contributed by atoms with E-state index in [9.17, 15) is 0 Å². The molecular formula is C15H30N2. The molecule has 1 N–H and O–H groups in total. The van der Waals surface area contributed by atoms with Crippen molar-refractivity contribution in [3.8, 4) is 0 Å². The first-order chi connectivity index (χ1) is 8.09. The fourth-order valence-corrected chi connectivity index (χ4v) is 3.52. The van der Waals surface area contributed by atoms with Crippen molar-refractivity contribution in [3.05, 3.63) is 0 Å². The summed E-state index contributed by atoms with van der Waals surface area (Å²) in [5.74, 6) is 1.85. The zero-order valence-corrected chi connectivity index (χ0v) is 12.0. The van der Waals surface area contributed by atoms with Crippen molar-refractivity contribution in [2.24, 2.45) is 11.8 Å². The van der Waals surface area contributed by atoms with Gasteiger partial charge in [0.25, 0.3) is 0 Å². The molecule has 0 saturated carbocycles. The highest BCUT2D eigenvalue weighted by atomic mass is 15.2. The molecule has 1 unspecified atom stereocenters. The normalized spacial score (nSPS) is 33.2. The van der Waals surface area contributed by atoms with E-state index in [1.807, 2.05) is 0 Å². The number of nitrogens with zero attached hydrogens (tertiary/aromatic N) is 1. The zero-order valence-electron chi connectivity index (χ0n) is 12.0. The van der Waals surface area contributed by atoms with E-state index in [2.05, 4.69) is 31.0 Å². The van der Waals surface area contributed by atoms with E-state index in [4.69, 9.17) is 0 Å². The van der Waals surface area contributed by atoms with E-state index < -0.39 is 0 Å². The molecule has 0 bridgehead atoms. The largest absolute Gasteiger partial charge is 0.310 e. The number of hydrogen-bond acceptors (Lipinski definition) is 2. The van der Waals surface area contributed by atoms with E-state index in [1.165, 1.54) is 58.3 Å². The molecule has 0 amide bonds. The van der Waals surface area contributed by atoms with Gasteiger partial charge in [0.2, 0.25) is 0 Å². The van der Waals surface area contributed by atoms with Gasteiger partial charge in [-0.15, -0.1) is 0 Å². The predicted octanol–water partition coefficient (Wildman–Crippen LogP) is 2.89. The topological polar surface area (TPSA) is 15.3 Å². The van der Waals surface area contributed by atoms with Gasteiger partial charge in [-0.3, -0.25) is 0 Å². The van der Waals surface area contributed by atoms with E-state index >= 15 is 0 Å². The number of nitrogens with one attached hydrogen (secondary N) is 1. The molecule has 2 heterocycles. The summed E-state index contributed by atoms with van der Waals surface area (Å²) in [5.41, 5.74) is 0.392. The Hall–Kier alpha value is -0.0800. The van der Waals surface area contributed by atoms with Crippen LogP contribution < -0.4 is 5.32 Å². The highest BCUT2D eigenvalue weighted by Crippen LogP contribution is 2.27. The van der Waals surface area contributed by atoms with Crippen LogP contribution in [-0.4, -0.2) is 36.6 Å². The Morgan fingerprint density at radius 1 is 1.24 bits per heavy atom. The molecule has 100 valence electrons. The third kappa shape index (κ3) is 3.69. The summed E-state index contributed by atoms with van der Waals surface area (Å²) < 4.78 is 0. The van der Waals surface area contributed by atoms with Crippen LogP contribution in [0.15, 0.2) is 0 Å². The van der Waals surface area contributed by atoms with Crippen molar-refractivity contribution in [2.75, 3.05) is 26.2 Å². The monoisotopic (exact) mass is 238 g/mol. The number of rotatable bonds is 3. The predicted molar refractivity (Wildman–Crippen MR) is 74.3 cm³/mol. The quantitative estimate of drug-likeness (QED) is 0.813. The molecule has 2 rings (SSSR count). The van der Waals surface area contributed by atoms with Gasteiger partial charge in [0.05, 0.1) is 0 Å². The second-order valence-corrected chi connectivity index (χ2v) is 6.80. The molecule has 2 aliphatic heterocycles. The van der Waals surface area contributed by atoms with Crippen LogP contribution in [0.4, 0.5) is 0 Å². The number of hydrogen-bond donors (Lipinski definition) is 1. The van der Waals surface area contributed by atoms with Crippen molar-refractivity contribution >= 4 is 0 Å². The maximum absolute atomic E-state index is 3.74. The fourth-order valence-electron chi connectivity index (χ4n) is 3.52. The van der Waals surface area contributed by atoms with E-state index in [1.54, 1.807) is 0 Å². The van der Waals surface area contributed by atoms with Gasteiger partial charge in [-0.25, -0.2) is 0 Å². The second-order valence-electron chi connectivity index (χ2n) is 6.80. The molecule has 2 aliphatic rings. The lowest BCUT2D eigenvalue weighted by atomic mass is 9.85. The minimum absolute atomic E-state index is 0.392. The van der Waals surface area contributed by atoms with Crippen LogP contribution in [0.25, 0.3) is 0 Å². The summed E-state index contributed by atoms with van der Waals surface area (Å²) >= 11 is 0. The lowest BCUT2D eigenvalue weighted by Crippen LogP contribution is -2.55. The molecule has 0 radical (unpaired) electrons. The molecule has 2 saturated heterocycles. The van der Waals surface area contributed by atoms with Crippen molar-refractivity contribution in [2.45, 2.75) is 58.4 Å². The molecule has 1 atom stereocenters. The standard InChI is InChI=1S/C15H30N2/c1-13(2)14-6-10-17(11-7-14)12-15(3)8-4-5-9-16-15/h13-14,16H,4-12H2,1-3H3. The maximum atomic E-state index is 3.74. The summed E-state index contributed by atoms with van der Waals surface area (Å²) in [4.78, 5) is 2.69. The smallest absolute Gasteiger partial charge is 0.0280 e. The summed E-state index contributed by atoms with van der Waals surface area (Å²) in [5, 5.41) is 3.74. The Kier molecular flexibility index (Phi) is 4.48. The van der Waals surface area contributed by atoms with Crippen LogP contribution in [-0.2, 0) is 0 Å². The second kappa shape index (κ2) is 5.71.